The lowest BCUT2D eigenvalue weighted by molar-refractivity contribution is 0.318. The number of rotatable bonds is 3. The molecule has 0 aliphatic heterocycles. The van der Waals surface area contributed by atoms with E-state index in [1.165, 1.54) is 64.2 Å². The first kappa shape index (κ1) is 12.9. The predicted molar refractivity (Wildman–Crippen MR) is 74.2 cm³/mol. The van der Waals surface area contributed by atoms with Gasteiger partial charge in [-0.1, -0.05) is 32.6 Å². The highest BCUT2D eigenvalue weighted by atomic mass is 14.9. The summed E-state index contributed by atoms with van der Waals surface area (Å²) >= 11 is 0. The number of hydrogen-bond acceptors (Lipinski definition) is 1. The van der Waals surface area contributed by atoms with Gasteiger partial charge in [0.25, 0.3) is 0 Å². The van der Waals surface area contributed by atoms with Crippen LogP contribution in [0.15, 0.2) is 4.99 Å². The van der Waals surface area contributed by atoms with Crippen molar-refractivity contribution in [2.75, 3.05) is 0 Å². The first-order valence-electron chi connectivity index (χ1n) is 7.62. The van der Waals surface area contributed by atoms with Gasteiger partial charge in [-0.15, -0.1) is 0 Å². The molecule has 2 rings (SSSR count). The SMILES string of the molecule is CCC1CCC(N=C(N)C2CCCCC2)CC1. The van der Waals surface area contributed by atoms with E-state index in [0.717, 1.165) is 11.8 Å². The van der Waals surface area contributed by atoms with Crippen molar-refractivity contribution in [1.82, 2.24) is 0 Å². The molecule has 0 bridgehead atoms. The average molecular weight is 236 g/mol. The molecule has 2 nitrogen and oxygen atoms in total. The highest BCUT2D eigenvalue weighted by Crippen LogP contribution is 2.29. The Kier molecular flexibility index (Phi) is 4.87. The molecule has 98 valence electrons. The number of nitrogens with two attached hydrogens (primary N) is 1. The molecule has 17 heavy (non-hydrogen) atoms. The van der Waals surface area contributed by atoms with Crippen LogP contribution in [0.25, 0.3) is 0 Å². The maximum absolute atomic E-state index is 6.20. The maximum Gasteiger partial charge on any atom is 0.0971 e. The van der Waals surface area contributed by atoms with Crippen molar-refractivity contribution in [1.29, 1.82) is 0 Å². The van der Waals surface area contributed by atoms with Gasteiger partial charge >= 0.3 is 0 Å². The lowest BCUT2D eigenvalue weighted by Gasteiger charge is -2.27. The Bertz CT molecular complexity index is 246. The zero-order chi connectivity index (χ0) is 12.1. The summed E-state index contributed by atoms with van der Waals surface area (Å²) in [6.07, 6.45) is 13.3. The van der Waals surface area contributed by atoms with E-state index in [-0.39, 0.29) is 0 Å². The van der Waals surface area contributed by atoms with Crippen LogP contribution in [0.3, 0.4) is 0 Å². The summed E-state index contributed by atoms with van der Waals surface area (Å²) in [4.78, 5) is 4.82. The van der Waals surface area contributed by atoms with E-state index < -0.39 is 0 Å². The molecule has 2 heteroatoms. The van der Waals surface area contributed by atoms with Crippen LogP contribution in [0.1, 0.15) is 71.1 Å². The van der Waals surface area contributed by atoms with Crippen LogP contribution in [0, 0.1) is 11.8 Å². The first-order valence-corrected chi connectivity index (χ1v) is 7.62. The van der Waals surface area contributed by atoms with Gasteiger partial charge in [-0.25, -0.2) is 0 Å². The molecule has 0 amide bonds. The molecule has 2 fully saturated rings. The molecule has 0 aromatic carbocycles. The Morgan fingerprint density at radius 1 is 1.00 bits per heavy atom. The maximum atomic E-state index is 6.20. The third-order valence-corrected chi connectivity index (χ3v) is 4.75. The standard InChI is InChI=1S/C15H28N2/c1-2-12-8-10-14(11-9-12)17-15(16)13-6-4-3-5-7-13/h12-14H,2-11H2,1H3,(H2,16,17). The topological polar surface area (TPSA) is 38.4 Å². The van der Waals surface area contributed by atoms with Gasteiger partial charge in [0.2, 0.25) is 0 Å². The third kappa shape index (κ3) is 3.72. The van der Waals surface area contributed by atoms with E-state index in [2.05, 4.69) is 6.92 Å². The van der Waals surface area contributed by atoms with E-state index in [9.17, 15) is 0 Å². The summed E-state index contributed by atoms with van der Waals surface area (Å²) < 4.78 is 0. The fraction of sp³-hybridized carbons (Fsp3) is 0.933. The molecule has 0 atom stereocenters. The molecule has 2 aliphatic rings. The molecule has 0 heterocycles. The second kappa shape index (κ2) is 6.42. The van der Waals surface area contributed by atoms with Crippen molar-refractivity contribution in [3.05, 3.63) is 0 Å². The molecular formula is C15H28N2. The Morgan fingerprint density at radius 3 is 2.24 bits per heavy atom. The van der Waals surface area contributed by atoms with Gasteiger partial charge in [-0.2, -0.15) is 0 Å². The number of aliphatic imine (C=N–C) groups is 1. The quantitative estimate of drug-likeness (QED) is 0.586. The van der Waals surface area contributed by atoms with Crippen LogP contribution in [0.2, 0.25) is 0 Å². The van der Waals surface area contributed by atoms with Gasteiger partial charge in [-0.3, -0.25) is 4.99 Å². The van der Waals surface area contributed by atoms with Gasteiger partial charge in [0.05, 0.1) is 11.9 Å². The fourth-order valence-electron chi connectivity index (χ4n) is 3.40. The van der Waals surface area contributed by atoms with E-state index in [1.54, 1.807) is 0 Å². The van der Waals surface area contributed by atoms with Gasteiger partial charge in [-0.05, 0) is 44.4 Å². The largest absolute Gasteiger partial charge is 0.387 e. The molecule has 2 aliphatic carbocycles. The highest BCUT2D eigenvalue weighted by Gasteiger charge is 2.22. The monoisotopic (exact) mass is 236 g/mol. The van der Waals surface area contributed by atoms with Crippen molar-refractivity contribution < 1.29 is 0 Å². The summed E-state index contributed by atoms with van der Waals surface area (Å²) in [5, 5.41) is 0. The van der Waals surface area contributed by atoms with Crippen LogP contribution in [0.4, 0.5) is 0 Å². The second-order valence-electron chi connectivity index (χ2n) is 5.97. The van der Waals surface area contributed by atoms with Crippen LogP contribution in [-0.2, 0) is 0 Å². The van der Waals surface area contributed by atoms with E-state index in [4.69, 9.17) is 10.7 Å². The van der Waals surface area contributed by atoms with Crippen molar-refractivity contribution in [3.8, 4) is 0 Å². The number of hydrogen-bond donors (Lipinski definition) is 1. The zero-order valence-electron chi connectivity index (χ0n) is 11.3. The predicted octanol–water partition coefficient (Wildman–Crippen LogP) is 3.89. The highest BCUT2D eigenvalue weighted by molar-refractivity contribution is 5.83. The van der Waals surface area contributed by atoms with Gasteiger partial charge in [0, 0.05) is 5.92 Å². The first-order chi connectivity index (χ1) is 8.29. The summed E-state index contributed by atoms with van der Waals surface area (Å²) in [7, 11) is 0. The summed E-state index contributed by atoms with van der Waals surface area (Å²) in [6, 6.07) is 0.541. The lowest BCUT2D eigenvalue weighted by Crippen LogP contribution is -2.29. The summed E-state index contributed by atoms with van der Waals surface area (Å²) in [6.45, 7) is 2.31. The van der Waals surface area contributed by atoms with Crippen LogP contribution < -0.4 is 5.73 Å². The molecule has 0 unspecified atom stereocenters. The average Bonchev–Trinajstić information content (AvgIpc) is 2.40. The van der Waals surface area contributed by atoms with Crippen molar-refractivity contribution in [3.63, 3.8) is 0 Å². The van der Waals surface area contributed by atoms with Gasteiger partial charge in [0.1, 0.15) is 0 Å². The second-order valence-corrected chi connectivity index (χ2v) is 5.97. The fourth-order valence-corrected chi connectivity index (χ4v) is 3.40. The minimum absolute atomic E-state index is 0.541. The Hall–Kier alpha value is -0.530. The molecule has 0 radical (unpaired) electrons. The van der Waals surface area contributed by atoms with Crippen molar-refractivity contribution >= 4 is 5.84 Å². The third-order valence-electron chi connectivity index (χ3n) is 4.75. The van der Waals surface area contributed by atoms with Crippen LogP contribution in [-0.4, -0.2) is 11.9 Å². The Labute approximate surface area is 106 Å². The van der Waals surface area contributed by atoms with E-state index in [1.807, 2.05) is 0 Å². The molecule has 0 spiro atoms. The van der Waals surface area contributed by atoms with Crippen LogP contribution >= 0.6 is 0 Å². The van der Waals surface area contributed by atoms with Crippen LogP contribution in [0.5, 0.6) is 0 Å². The normalized spacial score (nSPS) is 32.6. The molecular weight excluding hydrogens is 208 g/mol. The molecule has 0 saturated heterocycles. The zero-order valence-corrected chi connectivity index (χ0v) is 11.3. The van der Waals surface area contributed by atoms with Gasteiger partial charge < -0.3 is 5.73 Å². The number of nitrogens with zero attached hydrogens (tertiary/aromatic N) is 1. The number of amidine groups is 1. The molecule has 2 N–H and O–H groups in total. The molecule has 0 aromatic heterocycles. The summed E-state index contributed by atoms with van der Waals surface area (Å²) in [5.74, 6) is 2.54. The van der Waals surface area contributed by atoms with Gasteiger partial charge in [0.15, 0.2) is 0 Å². The van der Waals surface area contributed by atoms with E-state index in [0.29, 0.717) is 12.0 Å². The Morgan fingerprint density at radius 2 is 1.65 bits per heavy atom. The summed E-state index contributed by atoms with van der Waals surface area (Å²) in [5.41, 5.74) is 6.20. The minimum atomic E-state index is 0.541. The van der Waals surface area contributed by atoms with Crippen molar-refractivity contribution in [2.24, 2.45) is 22.6 Å². The smallest absolute Gasteiger partial charge is 0.0971 e. The molecule has 0 aromatic rings. The Balaban J connectivity index is 1.82. The molecule has 2 saturated carbocycles. The lowest BCUT2D eigenvalue weighted by atomic mass is 9.84. The van der Waals surface area contributed by atoms with Crippen molar-refractivity contribution in [2.45, 2.75) is 77.2 Å². The van der Waals surface area contributed by atoms with E-state index >= 15 is 0 Å². The minimum Gasteiger partial charge on any atom is -0.387 e.